The van der Waals surface area contributed by atoms with Crippen LogP contribution in [0.25, 0.3) is 6.08 Å². The highest BCUT2D eigenvalue weighted by Gasteiger charge is 1.98. The molecule has 0 aliphatic heterocycles. The van der Waals surface area contributed by atoms with Crippen molar-refractivity contribution in [3.8, 4) is 0 Å². The van der Waals surface area contributed by atoms with Gasteiger partial charge in [-0.05, 0) is 31.6 Å². The first-order chi connectivity index (χ1) is 5.59. The Balaban J connectivity index is 2.87. The molecule has 0 N–H and O–H groups in total. The van der Waals surface area contributed by atoms with Crippen LogP contribution in [0.4, 0.5) is 0 Å². The topological polar surface area (TPSA) is 17.1 Å². The van der Waals surface area contributed by atoms with E-state index in [4.69, 9.17) is 11.6 Å². The Morgan fingerprint density at radius 2 is 2.25 bits per heavy atom. The molecule has 3 heteroatoms. The summed E-state index contributed by atoms with van der Waals surface area (Å²) in [6, 6.07) is 1.85. The summed E-state index contributed by atoms with van der Waals surface area (Å²) in [4.78, 5) is 11.9. The molecule has 0 bridgehead atoms. The van der Waals surface area contributed by atoms with Crippen molar-refractivity contribution in [1.29, 1.82) is 0 Å². The Hall–Kier alpha value is -0.600. The molecule has 0 aliphatic carbocycles. The van der Waals surface area contributed by atoms with E-state index in [-0.39, 0.29) is 5.78 Å². The first-order valence-corrected chi connectivity index (χ1v) is 4.78. The van der Waals surface area contributed by atoms with E-state index in [0.717, 1.165) is 15.5 Å². The van der Waals surface area contributed by atoms with Crippen molar-refractivity contribution in [2.24, 2.45) is 0 Å². The van der Waals surface area contributed by atoms with Crippen molar-refractivity contribution in [2.45, 2.75) is 13.8 Å². The first-order valence-electron chi connectivity index (χ1n) is 3.53. The van der Waals surface area contributed by atoms with Gasteiger partial charge in [0.2, 0.25) is 0 Å². The first kappa shape index (κ1) is 9.49. The fourth-order valence-corrected chi connectivity index (χ4v) is 1.79. The average molecular weight is 201 g/mol. The molecule has 0 fully saturated rings. The summed E-state index contributed by atoms with van der Waals surface area (Å²) in [5.41, 5.74) is 0.758. The highest BCUT2D eigenvalue weighted by atomic mass is 35.5. The Labute approximate surface area is 80.7 Å². The van der Waals surface area contributed by atoms with E-state index in [1.165, 1.54) is 11.3 Å². The molecular formula is C9H9ClOS. The molecule has 1 aromatic rings. The number of hydrogen-bond donors (Lipinski definition) is 0. The van der Waals surface area contributed by atoms with Gasteiger partial charge >= 0.3 is 0 Å². The Morgan fingerprint density at radius 3 is 2.67 bits per heavy atom. The Morgan fingerprint density at radius 1 is 1.58 bits per heavy atom. The number of ketones is 1. The molecular weight excluding hydrogens is 192 g/mol. The minimum absolute atomic E-state index is 0.0968. The number of carbonyl (C=O) groups is 1. The zero-order valence-electron chi connectivity index (χ0n) is 6.93. The van der Waals surface area contributed by atoms with Crippen LogP contribution in [0.2, 0.25) is 5.02 Å². The molecule has 1 aromatic heterocycles. The van der Waals surface area contributed by atoms with Crippen LogP contribution in [0.1, 0.15) is 18.7 Å². The standard InChI is InChI=1S/C9H9ClOS/c1-6(7(2)11)3-9-4-8(10)5-12-9/h3-5H,1-2H3. The van der Waals surface area contributed by atoms with Crippen LogP contribution in [0, 0.1) is 0 Å². The van der Waals surface area contributed by atoms with Gasteiger partial charge in [0.1, 0.15) is 0 Å². The number of thiophene rings is 1. The van der Waals surface area contributed by atoms with Crippen molar-refractivity contribution in [3.63, 3.8) is 0 Å². The maximum atomic E-state index is 10.9. The molecule has 0 amide bonds. The summed E-state index contributed by atoms with van der Waals surface area (Å²) in [5.74, 6) is 0.0968. The third-order valence-corrected chi connectivity index (χ3v) is 2.73. The summed E-state index contributed by atoms with van der Waals surface area (Å²) >= 11 is 7.25. The van der Waals surface area contributed by atoms with Crippen LogP contribution in [0.5, 0.6) is 0 Å². The average Bonchev–Trinajstić information content (AvgIpc) is 2.35. The van der Waals surface area contributed by atoms with Crippen LogP contribution < -0.4 is 0 Å². The summed E-state index contributed by atoms with van der Waals surface area (Å²) in [7, 11) is 0. The largest absolute Gasteiger partial charge is 0.295 e. The Bertz CT molecular complexity index is 325. The highest BCUT2D eigenvalue weighted by Crippen LogP contribution is 2.21. The van der Waals surface area contributed by atoms with E-state index in [9.17, 15) is 4.79 Å². The summed E-state index contributed by atoms with van der Waals surface area (Å²) in [6.07, 6.45) is 1.85. The third kappa shape index (κ3) is 2.47. The molecule has 1 rings (SSSR count). The van der Waals surface area contributed by atoms with Crippen LogP contribution in [0.3, 0.4) is 0 Å². The number of halogens is 1. The normalized spacial score (nSPS) is 11.8. The molecule has 1 nitrogen and oxygen atoms in total. The van der Waals surface area contributed by atoms with Gasteiger partial charge in [0.05, 0.1) is 5.02 Å². The maximum Gasteiger partial charge on any atom is 0.155 e. The van der Waals surface area contributed by atoms with Gasteiger partial charge in [0.15, 0.2) is 5.78 Å². The molecule has 64 valence electrons. The summed E-state index contributed by atoms with van der Waals surface area (Å²) in [6.45, 7) is 3.36. The van der Waals surface area contributed by atoms with Crippen LogP contribution in [0.15, 0.2) is 17.0 Å². The number of Topliss-reactive ketones (excluding diaryl/α,β-unsaturated/α-hetero) is 1. The van der Waals surface area contributed by atoms with Crippen LogP contribution in [-0.4, -0.2) is 5.78 Å². The molecule has 0 saturated heterocycles. The lowest BCUT2D eigenvalue weighted by Gasteiger charge is -1.90. The second-order valence-electron chi connectivity index (χ2n) is 2.55. The SMILES string of the molecule is CC(=O)C(C)=Cc1cc(Cl)cs1. The number of allylic oxidation sites excluding steroid dienone is 1. The van der Waals surface area contributed by atoms with E-state index in [0.29, 0.717) is 0 Å². The van der Waals surface area contributed by atoms with Crippen LogP contribution >= 0.6 is 22.9 Å². The number of rotatable bonds is 2. The van der Waals surface area contributed by atoms with E-state index < -0.39 is 0 Å². The molecule has 12 heavy (non-hydrogen) atoms. The highest BCUT2D eigenvalue weighted by molar-refractivity contribution is 7.11. The molecule has 0 spiro atoms. The number of hydrogen-bond acceptors (Lipinski definition) is 2. The predicted octanol–water partition coefficient (Wildman–Crippen LogP) is 3.39. The smallest absolute Gasteiger partial charge is 0.155 e. The van der Waals surface area contributed by atoms with Crippen molar-refractivity contribution in [3.05, 3.63) is 26.9 Å². The minimum Gasteiger partial charge on any atom is -0.295 e. The van der Waals surface area contributed by atoms with E-state index in [1.807, 2.05) is 17.5 Å². The quantitative estimate of drug-likeness (QED) is 0.669. The van der Waals surface area contributed by atoms with E-state index in [2.05, 4.69) is 0 Å². The zero-order valence-corrected chi connectivity index (χ0v) is 8.50. The lowest BCUT2D eigenvalue weighted by molar-refractivity contribution is -0.113. The molecule has 0 saturated carbocycles. The van der Waals surface area contributed by atoms with Gasteiger partial charge in [-0.1, -0.05) is 11.6 Å². The van der Waals surface area contributed by atoms with Gasteiger partial charge in [0.25, 0.3) is 0 Å². The molecule has 0 radical (unpaired) electrons. The fraction of sp³-hybridized carbons (Fsp3) is 0.222. The second-order valence-corrected chi connectivity index (χ2v) is 3.93. The van der Waals surface area contributed by atoms with Crippen LogP contribution in [-0.2, 0) is 4.79 Å². The lowest BCUT2D eigenvalue weighted by Crippen LogP contribution is -1.89. The second kappa shape index (κ2) is 3.87. The van der Waals surface area contributed by atoms with Gasteiger partial charge < -0.3 is 0 Å². The Kier molecular flexibility index (Phi) is 3.06. The molecule has 0 aromatic carbocycles. The maximum absolute atomic E-state index is 10.9. The third-order valence-electron chi connectivity index (χ3n) is 1.50. The van der Waals surface area contributed by atoms with Crippen molar-refractivity contribution in [2.75, 3.05) is 0 Å². The van der Waals surface area contributed by atoms with Crippen molar-refractivity contribution < 1.29 is 4.79 Å². The van der Waals surface area contributed by atoms with E-state index >= 15 is 0 Å². The monoisotopic (exact) mass is 200 g/mol. The zero-order chi connectivity index (χ0) is 9.14. The van der Waals surface area contributed by atoms with Gasteiger partial charge in [-0.3, -0.25) is 4.79 Å². The van der Waals surface area contributed by atoms with Gasteiger partial charge in [0, 0.05) is 10.3 Å². The van der Waals surface area contributed by atoms with Crippen molar-refractivity contribution >= 4 is 34.8 Å². The van der Waals surface area contributed by atoms with Gasteiger partial charge in [-0.15, -0.1) is 11.3 Å². The van der Waals surface area contributed by atoms with Gasteiger partial charge in [-0.25, -0.2) is 0 Å². The van der Waals surface area contributed by atoms with Crippen molar-refractivity contribution in [1.82, 2.24) is 0 Å². The molecule has 0 aliphatic rings. The lowest BCUT2D eigenvalue weighted by atomic mass is 10.2. The van der Waals surface area contributed by atoms with E-state index in [1.54, 1.807) is 13.8 Å². The number of carbonyl (C=O) groups excluding carboxylic acids is 1. The minimum atomic E-state index is 0.0968. The molecule has 0 atom stereocenters. The summed E-state index contributed by atoms with van der Waals surface area (Å²) < 4.78 is 0. The fourth-order valence-electron chi connectivity index (χ4n) is 0.719. The predicted molar refractivity (Wildman–Crippen MR) is 53.7 cm³/mol. The van der Waals surface area contributed by atoms with Gasteiger partial charge in [-0.2, -0.15) is 0 Å². The molecule has 0 unspecified atom stereocenters. The summed E-state index contributed by atoms with van der Waals surface area (Å²) in [5, 5.41) is 2.57. The molecule has 1 heterocycles.